The summed E-state index contributed by atoms with van der Waals surface area (Å²) >= 11 is 5.99. The van der Waals surface area contributed by atoms with Crippen LogP contribution in [0.4, 0.5) is 0 Å². The van der Waals surface area contributed by atoms with Crippen molar-refractivity contribution >= 4 is 17.7 Å². The molecule has 19 heavy (non-hydrogen) atoms. The molecule has 104 valence electrons. The summed E-state index contributed by atoms with van der Waals surface area (Å²) in [5.41, 5.74) is 1.93. The molecule has 3 nitrogen and oxygen atoms in total. The van der Waals surface area contributed by atoms with Crippen molar-refractivity contribution in [3.8, 4) is 5.75 Å². The Hall–Kier alpha value is -1.03. The van der Waals surface area contributed by atoms with Crippen molar-refractivity contribution in [3.05, 3.63) is 34.4 Å². The largest absolute Gasteiger partial charge is 0.489 e. The average Bonchev–Trinajstić information content (AvgIpc) is 2.44. The third-order valence-electron chi connectivity index (χ3n) is 3.62. The molecule has 2 N–H and O–H groups in total. The molecule has 0 saturated heterocycles. The van der Waals surface area contributed by atoms with Gasteiger partial charge >= 0.3 is 0 Å². The molecule has 0 fully saturated rings. The van der Waals surface area contributed by atoms with Crippen molar-refractivity contribution < 1.29 is 9.84 Å². The zero-order chi connectivity index (χ0) is 13.9. The first kappa shape index (κ1) is 14.4. The molecule has 1 atom stereocenters. The normalized spacial score (nSPS) is 17.2. The van der Waals surface area contributed by atoms with Crippen molar-refractivity contribution in [1.29, 1.82) is 0 Å². The lowest BCUT2D eigenvalue weighted by atomic mass is 9.99. The summed E-state index contributed by atoms with van der Waals surface area (Å²) < 4.78 is 5.69. The molecule has 1 aromatic rings. The molecule has 4 heteroatoms. The van der Waals surface area contributed by atoms with Crippen LogP contribution >= 0.6 is 11.6 Å². The number of nitrogens with one attached hydrogen (secondary N) is 1. The maximum absolute atomic E-state index is 9.38. The van der Waals surface area contributed by atoms with Gasteiger partial charge in [0, 0.05) is 22.7 Å². The second-order valence-corrected chi connectivity index (χ2v) is 5.64. The molecule has 1 unspecified atom stereocenters. The van der Waals surface area contributed by atoms with E-state index in [2.05, 4.69) is 18.3 Å². The number of fused-ring (bicyclic) bond motifs is 1. The number of hydrogen-bond acceptors (Lipinski definition) is 3. The van der Waals surface area contributed by atoms with E-state index in [0.717, 1.165) is 23.3 Å². The Morgan fingerprint density at radius 3 is 2.95 bits per heavy atom. The molecule has 0 amide bonds. The van der Waals surface area contributed by atoms with Crippen LogP contribution in [0.25, 0.3) is 6.08 Å². The van der Waals surface area contributed by atoms with E-state index in [9.17, 15) is 5.11 Å². The Morgan fingerprint density at radius 2 is 2.26 bits per heavy atom. The highest BCUT2D eigenvalue weighted by Gasteiger charge is 2.21. The van der Waals surface area contributed by atoms with Crippen molar-refractivity contribution in [2.75, 3.05) is 19.8 Å². The van der Waals surface area contributed by atoms with E-state index in [4.69, 9.17) is 16.3 Å². The van der Waals surface area contributed by atoms with Crippen molar-refractivity contribution in [1.82, 2.24) is 5.32 Å². The van der Waals surface area contributed by atoms with E-state index in [0.29, 0.717) is 18.2 Å². The van der Waals surface area contributed by atoms with E-state index < -0.39 is 0 Å². The van der Waals surface area contributed by atoms with Gasteiger partial charge in [-0.1, -0.05) is 18.5 Å². The molecular weight excluding hydrogens is 262 g/mol. The standard InChI is InChI=1S/C15H20ClNO2/c1-3-15(2,10-18)17-8-11-6-12-7-13(16)4-5-14(12)19-9-11/h4-7,17-18H,3,8-10H2,1-2H3. The Kier molecular flexibility index (Phi) is 4.50. The second-order valence-electron chi connectivity index (χ2n) is 5.20. The van der Waals surface area contributed by atoms with Gasteiger partial charge in [0.05, 0.1) is 6.61 Å². The van der Waals surface area contributed by atoms with Crippen molar-refractivity contribution in [2.45, 2.75) is 25.8 Å². The number of aliphatic hydroxyl groups excluding tert-OH is 1. The van der Waals surface area contributed by atoms with E-state index in [1.807, 2.05) is 25.1 Å². The summed E-state index contributed by atoms with van der Waals surface area (Å²) in [7, 11) is 0. The summed E-state index contributed by atoms with van der Waals surface area (Å²) in [4.78, 5) is 0. The highest BCUT2D eigenvalue weighted by Crippen LogP contribution is 2.28. The van der Waals surface area contributed by atoms with Crippen LogP contribution in [0.15, 0.2) is 23.8 Å². The molecule has 0 spiro atoms. The van der Waals surface area contributed by atoms with Crippen LogP contribution in [-0.4, -0.2) is 30.4 Å². The van der Waals surface area contributed by atoms with Crippen LogP contribution in [0.1, 0.15) is 25.8 Å². The lowest BCUT2D eigenvalue weighted by molar-refractivity contribution is 0.172. The van der Waals surface area contributed by atoms with Gasteiger partial charge in [-0.2, -0.15) is 0 Å². The van der Waals surface area contributed by atoms with E-state index >= 15 is 0 Å². The summed E-state index contributed by atoms with van der Waals surface area (Å²) in [5.74, 6) is 0.869. The molecule has 0 bridgehead atoms. The Balaban J connectivity index is 2.07. The fraction of sp³-hybridized carbons (Fsp3) is 0.467. The van der Waals surface area contributed by atoms with Crippen LogP contribution in [0.3, 0.4) is 0 Å². The van der Waals surface area contributed by atoms with E-state index in [-0.39, 0.29) is 12.1 Å². The predicted octanol–water partition coefficient (Wildman–Crippen LogP) is 2.87. The van der Waals surface area contributed by atoms with Crippen LogP contribution in [0, 0.1) is 0 Å². The zero-order valence-corrected chi connectivity index (χ0v) is 12.1. The number of ether oxygens (including phenoxy) is 1. The van der Waals surface area contributed by atoms with Gasteiger partial charge in [0.15, 0.2) is 0 Å². The van der Waals surface area contributed by atoms with Crippen LogP contribution < -0.4 is 10.1 Å². The molecule has 0 radical (unpaired) electrons. The fourth-order valence-corrected chi connectivity index (χ4v) is 2.10. The smallest absolute Gasteiger partial charge is 0.127 e. The molecule has 2 rings (SSSR count). The minimum absolute atomic E-state index is 0.125. The van der Waals surface area contributed by atoms with Crippen molar-refractivity contribution in [2.24, 2.45) is 0 Å². The average molecular weight is 282 g/mol. The minimum Gasteiger partial charge on any atom is -0.489 e. The predicted molar refractivity (Wildman–Crippen MR) is 78.7 cm³/mol. The third-order valence-corrected chi connectivity index (χ3v) is 3.85. The van der Waals surface area contributed by atoms with Gasteiger partial charge in [-0.05, 0) is 43.2 Å². The van der Waals surface area contributed by atoms with Crippen LogP contribution in [-0.2, 0) is 0 Å². The molecule has 0 aromatic heterocycles. The first-order chi connectivity index (χ1) is 9.06. The molecule has 0 aliphatic carbocycles. The SMILES string of the molecule is CCC(C)(CO)NCC1=Cc2cc(Cl)ccc2OC1. The topological polar surface area (TPSA) is 41.5 Å². The first-order valence-electron chi connectivity index (χ1n) is 6.54. The van der Waals surface area contributed by atoms with E-state index in [1.165, 1.54) is 0 Å². The Labute approximate surface area is 119 Å². The van der Waals surface area contributed by atoms with Crippen LogP contribution in [0.2, 0.25) is 5.02 Å². The number of rotatable bonds is 5. The van der Waals surface area contributed by atoms with Crippen LogP contribution in [0.5, 0.6) is 5.75 Å². The van der Waals surface area contributed by atoms with Gasteiger partial charge in [0.2, 0.25) is 0 Å². The van der Waals surface area contributed by atoms with Gasteiger partial charge in [0.25, 0.3) is 0 Å². The van der Waals surface area contributed by atoms with E-state index in [1.54, 1.807) is 0 Å². The maximum atomic E-state index is 9.38. The summed E-state index contributed by atoms with van der Waals surface area (Å²) in [6.07, 6.45) is 2.98. The zero-order valence-electron chi connectivity index (χ0n) is 11.4. The highest BCUT2D eigenvalue weighted by molar-refractivity contribution is 6.30. The number of aliphatic hydroxyl groups is 1. The highest BCUT2D eigenvalue weighted by atomic mass is 35.5. The van der Waals surface area contributed by atoms with Gasteiger partial charge < -0.3 is 15.2 Å². The number of halogens is 1. The number of benzene rings is 1. The quantitative estimate of drug-likeness (QED) is 0.872. The molecule has 0 saturated carbocycles. The third kappa shape index (κ3) is 3.50. The molecule has 1 aromatic carbocycles. The summed E-state index contributed by atoms with van der Waals surface area (Å²) in [6, 6.07) is 5.63. The monoisotopic (exact) mass is 281 g/mol. The lowest BCUT2D eigenvalue weighted by Crippen LogP contribution is -2.46. The summed E-state index contributed by atoms with van der Waals surface area (Å²) in [6.45, 7) is 5.48. The molecule has 1 heterocycles. The first-order valence-corrected chi connectivity index (χ1v) is 6.92. The maximum Gasteiger partial charge on any atom is 0.127 e. The Bertz CT molecular complexity index is 481. The minimum atomic E-state index is -0.241. The fourth-order valence-electron chi connectivity index (χ4n) is 1.92. The number of hydrogen-bond donors (Lipinski definition) is 2. The molecule has 1 aliphatic heterocycles. The van der Waals surface area contributed by atoms with Crippen molar-refractivity contribution in [3.63, 3.8) is 0 Å². The van der Waals surface area contributed by atoms with Gasteiger partial charge in [-0.3, -0.25) is 0 Å². The van der Waals surface area contributed by atoms with Gasteiger partial charge in [-0.15, -0.1) is 0 Å². The molecular formula is C15H20ClNO2. The lowest BCUT2D eigenvalue weighted by Gasteiger charge is -2.29. The summed E-state index contributed by atoms with van der Waals surface area (Å²) in [5, 5.41) is 13.5. The molecule has 1 aliphatic rings. The van der Waals surface area contributed by atoms with Gasteiger partial charge in [-0.25, -0.2) is 0 Å². The Morgan fingerprint density at radius 1 is 1.47 bits per heavy atom. The van der Waals surface area contributed by atoms with Gasteiger partial charge in [0.1, 0.15) is 12.4 Å². The second kappa shape index (κ2) is 5.95.